The average molecular weight is 433 g/mol. The van der Waals surface area contributed by atoms with Crippen LogP contribution in [0.5, 0.6) is 5.75 Å². The predicted molar refractivity (Wildman–Crippen MR) is 116 cm³/mol. The highest BCUT2D eigenvalue weighted by molar-refractivity contribution is 8.04. The lowest BCUT2D eigenvalue weighted by atomic mass is 10.2. The second kappa shape index (κ2) is 11.5. The molecule has 1 amide bonds. The number of benzene rings is 1. The van der Waals surface area contributed by atoms with E-state index in [0.717, 1.165) is 48.1 Å². The van der Waals surface area contributed by atoms with Crippen molar-refractivity contribution in [2.45, 2.75) is 44.9 Å². The van der Waals surface area contributed by atoms with Gasteiger partial charge in [-0.2, -0.15) is 5.26 Å². The van der Waals surface area contributed by atoms with Gasteiger partial charge in [0.2, 0.25) is 0 Å². The first-order valence-corrected chi connectivity index (χ1v) is 11.1. The third-order valence-electron chi connectivity index (χ3n) is 4.06. The summed E-state index contributed by atoms with van der Waals surface area (Å²) in [6.07, 6.45) is 3.25. The first-order chi connectivity index (χ1) is 14.0. The van der Waals surface area contributed by atoms with Gasteiger partial charge in [-0.05, 0) is 61.9 Å². The second-order valence-electron chi connectivity index (χ2n) is 6.16. The van der Waals surface area contributed by atoms with Crippen LogP contribution < -0.4 is 10.1 Å². The topological polar surface area (TPSA) is 88.4 Å². The lowest BCUT2D eigenvalue weighted by Gasteiger charge is -2.08. The van der Waals surface area contributed by atoms with Crippen molar-refractivity contribution in [3.05, 3.63) is 40.3 Å². The molecular weight excluding hydrogens is 408 g/mol. The number of thioether (sulfide) groups is 1. The third-order valence-corrected chi connectivity index (χ3v) is 6.18. The highest BCUT2D eigenvalue weighted by Crippen LogP contribution is 2.40. The summed E-state index contributed by atoms with van der Waals surface area (Å²) in [6.45, 7) is 6.51. The van der Waals surface area contributed by atoms with E-state index >= 15 is 0 Å². The molecule has 1 aromatic carbocycles. The van der Waals surface area contributed by atoms with E-state index in [0.29, 0.717) is 32.5 Å². The van der Waals surface area contributed by atoms with Crippen LogP contribution in [0.3, 0.4) is 0 Å². The number of thiophene rings is 1. The molecule has 0 aliphatic heterocycles. The van der Waals surface area contributed by atoms with Gasteiger partial charge in [0.05, 0.1) is 18.1 Å². The molecule has 0 spiro atoms. The Bertz CT molecular complexity index is 885. The van der Waals surface area contributed by atoms with E-state index in [1.54, 1.807) is 38.1 Å². The van der Waals surface area contributed by atoms with Gasteiger partial charge in [0.25, 0.3) is 5.91 Å². The summed E-state index contributed by atoms with van der Waals surface area (Å²) in [4.78, 5) is 25.7. The largest absolute Gasteiger partial charge is 0.494 e. The highest BCUT2D eigenvalue weighted by Gasteiger charge is 2.23. The number of thiocyanates is 1. The van der Waals surface area contributed by atoms with E-state index in [4.69, 9.17) is 14.7 Å². The van der Waals surface area contributed by atoms with E-state index in [9.17, 15) is 9.59 Å². The summed E-state index contributed by atoms with van der Waals surface area (Å²) in [5, 5.41) is 14.4. The van der Waals surface area contributed by atoms with Crippen molar-refractivity contribution in [2.24, 2.45) is 0 Å². The highest BCUT2D eigenvalue weighted by atomic mass is 32.2. The van der Waals surface area contributed by atoms with Gasteiger partial charge in [-0.3, -0.25) is 4.79 Å². The first-order valence-electron chi connectivity index (χ1n) is 9.42. The molecule has 0 saturated heterocycles. The smallest absolute Gasteiger partial charge is 0.348 e. The minimum absolute atomic E-state index is 0.255. The second-order valence-corrected chi connectivity index (χ2v) is 7.98. The van der Waals surface area contributed by atoms with Gasteiger partial charge < -0.3 is 14.8 Å². The van der Waals surface area contributed by atoms with Crippen LogP contribution in [-0.4, -0.2) is 25.1 Å². The molecule has 1 aromatic heterocycles. The van der Waals surface area contributed by atoms with E-state index in [1.165, 1.54) is 0 Å². The van der Waals surface area contributed by atoms with Crippen LogP contribution in [0.25, 0.3) is 0 Å². The lowest BCUT2D eigenvalue weighted by Crippen LogP contribution is -2.11. The van der Waals surface area contributed by atoms with Crippen molar-refractivity contribution in [1.29, 1.82) is 5.26 Å². The summed E-state index contributed by atoms with van der Waals surface area (Å²) >= 11 is 2.02. The lowest BCUT2D eigenvalue weighted by molar-refractivity contribution is 0.0531. The summed E-state index contributed by atoms with van der Waals surface area (Å²) in [5.41, 5.74) is 1.09. The summed E-state index contributed by atoms with van der Waals surface area (Å²) < 4.78 is 10.7. The fraction of sp³-hybridized carbons (Fsp3) is 0.381. The van der Waals surface area contributed by atoms with Crippen molar-refractivity contribution in [3.8, 4) is 11.2 Å². The normalized spacial score (nSPS) is 10.3. The summed E-state index contributed by atoms with van der Waals surface area (Å²) in [5.74, 6) is -0.0613. The minimum atomic E-state index is -0.458. The molecule has 6 nitrogen and oxygen atoms in total. The Morgan fingerprint density at radius 3 is 2.55 bits per heavy atom. The molecule has 0 fully saturated rings. The van der Waals surface area contributed by atoms with Crippen molar-refractivity contribution >= 4 is 40.0 Å². The third kappa shape index (κ3) is 6.24. The molecular formula is C21H24N2O4S2. The number of anilines is 1. The first kappa shape index (κ1) is 22.8. The number of amides is 1. The van der Waals surface area contributed by atoms with Crippen LogP contribution in [0.1, 0.15) is 58.7 Å². The van der Waals surface area contributed by atoms with Crippen molar-refractivity contribution in [1.82, 2.24) is 0 Å². The number of unbranched alkanes of at least 4 members (excludes halogenated alkanes) is 2. The van der Waals surface area contributed by atoms with Crippen molar-refractivity contribution < 1.29 is 19.1 Å². The molecule has 0 aliphatic rings. The maximum absolute atomic E-state index is 12.6. The van der Waals surface area contributed by atoms with Gasteiger partial charge in [-0.25, -0.2) is 4.79 Å². The van der Waals surface area contributed by atoms with Crippen LogP contribution in [-0.2, 0) is 4.74 Å². The van der Waals surface area contributed by atoms with Gasteiger partial charge >= 0.3 is 5.97 Å². The van der Waals surface area contributed by atoms with Gasteiger partial charge in [-0.1, -0.05) is 19.8 Å². The Morgan fingerprint density at radius 1 is 1.21 bits per heavy atom. The Hall–Kier alpha value is -2.50. The molecule has 0 radical (unpaired) electrons. The number of nitrogens with one attached hydrogen (secondary N) is 1. The van der Waals surface area contributed by atoms with Gasteiger partial charge in [0.15, 0.2) is 0 Å². The quantitative estimate of drug-likeness (QED) is 0.227. The molecule has 0 saturated carbocycles. The van der Waals surface area contributed by atoms with Gasteiger partial charge in [0, 0.05) is 5.56 Å². The van der Waals surface area contributed by atoms with Crippen LogP contribution in [0.2, 0.25) is 0 Å². The number of carbonyl (C=O) groups excluding carboxylic acids is 2. The molecule has 2 aromatic rings. The molecule has 154 valence electrons. The Balaban J connectivity index is 2.12. The molecule has 0 aliphatic carbocycles. The number of carbonyl (C=O) groups is 2. The zero-order chi connectivity index (χ0) is 21.2. The van der Waals surface area contributed by atoms with E-state index < -0.39 is 5.97 Å². The van der Waals surface area contributed by atoms with Crippen LogP contribution >= 0.6 is 23.1 Å². The number of ether oxygens (including phenoxy) is 2. The zero-order valence-corrected chi connectivity index (χ0v) is 18.4. The summed E-state index contributed by atoms with van der Waals surface area (Å²) in [6, 6.07) is 6.90. The van der Waals surface area contributed by atoms with E-state index in [-0.39, 0.29) is 12.5 Å². The molecule has 0 unspecified atom stereocenters. The molecule has 29 heavy (non-hydrogen) atoms. The fourth-order valence-corrected chi connectivity index (χ4v) is 4.36. The Labute approximate surface area is 179 Å². The Morgan fingerprint density at radius 2 is 1.93 bits per heavy atom. The monoisotopic (exact) mass is 432 g/mol. The number of nitriles is 1. The molecule has 1 heterocycles. The fourth-order valence-electron chi connectivity index (χ4n) is 2.56. The van der Waals surface area contributed by atoms with E-state index in [2.05, 4.69) is 12.2 Å². The van der Waals surface area contributed by atoms with Gasteiger partial charge in [0.1, 0.15) is 21.0 Å². The van der Waals surface area contributed by atoms with E-state index in [1.807, 2.05) is 5.40 Å². The predicted octanol–water partition coefficient (Wildman–Crippen LogP) is 5.63. The maximum Gasteiger partial charge on any atom is 0.348 e. The number of hydrogen-bond donors (Lipinski definition) is 1. The number of rotatable bonds is 10. The van der Waals surface area contributed by atoms with Crippen LogP contribution in [0.4, 0.5) is 5.00 Å². The van der Waals surface area contributed by atoms with Crippen LogP contribution in [0.15, 0.2) is 29.2 Å². The minimum Gasteiger partial charge on any atom is -0.494 e. The van der Waals surface area contributed by atoms with Crippen molar-refractivity contribution in [3.63, 3.8) is 0 Å². The molecule has 2 rings (SSSR count). The maximum atomic E-state index is 12.6. The molecule has 0 atom stereocenters. The SMILES string of the molecule is CCCCCOc1ccc(C(=O)Nc2sc(C(=O)OCC)c(C)c2SC#N)cc1. The number of hydrogen-bond acceptors (Lipinski definition) is 7. The molecule has 8 heteroatoms. The van der Waals surface area contributed by atoms with Crippen LogP contribution in [0, 0.1) is 17.6 Å². The molecule has 0 bridgehead atoms. The zero-order valence-electron chi connectivity index (χ0n) is 16.7. The summed E-state index contributed by atoms with van der Waals surface area (Å²) in [7, 11) is 0. The van der Waals surface area contributed by atoms with Crippen molar-refractivity contribution in [2.75, 3.05) is 18.5 Å². The van der Waals surface area contributed by atoms with Gasteiger partial charge in [-0.15, -0.1) is 11.3 Å². The number of esters is 1. The Kier molecular flexibility index (Phi) is 9.03. The number of nitrogens with zero attached hydrogens (tertiary/aromatic N) is 1. The standard InChI is InChI=1S/C21H24N2O4S2/c1-4-6-7-12-27-16-10-8-15(9-11-16)19(24)23-20-17(28-13-22)14(3)18(29-20)21(25)26-5-2/h8-11H,4-7,12H2,1-3H3,(H,23,24). The average Bonchev–Trinajstić information content (AvgIpc) is 3.02. The molecule has 1 N–H and O–H groups in total.